The molecule has 0 amide bonds. The molecule has 3 heterocycles. The maximum Gasteiger partial charge on any atom is 0.347 e. The van der Waals surface area contributed by atoms with E-state index in [1.54, 1.807) is 36.8 Å². The summed E-state index contributed by atoms with van der Waals surface area (Å²) >= 11 is 0. The molecule has 0 spiro atoms. The fraction of sp³-hybridized carbons (Fsp3) is 0.323. The Morgan fingerprint density at radius 3 is 2.62 bits per heavy atom. The second kappa shape index (κ2) is 12.7. The van der Waals surface area contributed by atoms with E-state index in [2.05, 4.69) is 25.2 Å². The topological polar surface area (TPSA) is 132 Å². The first-order chi connectivity index (χ1) is 20.3. The summed E-state index contributed by atoms with van der Waals surface area (Å²) in [6.07, 6.45) is 6.93. The lowest BCUT2D eigenvalue weighted by molar-refractivity contribution is -0.152. The molecule has 1 unspecified atom stereocenters. The van der Waals surface area contributed by atoms with Gasteiger partial charge < -0.3 is 29.5 Å². The number of carboxylic acids is 1. The van der Waals surface area contributed by atoms with Crippen LogP contribution in [-0.4, -0.2) is 62.4 Å². The smallest absolute Gasteiger partial charge is 0.347 e. The predicted octanol–water partition coefficient (Wildman–Crippen LogP) is 5.37. The minimum absolute atomic E-state index is 0.00854. The average Bonchev–Trinajstić information content (AvgIpc) is 2.99. The highest BCUT2D eigenvalue weighted by Gasteiger charge is 2.29. The summed E-state index contributed by atoms with van der Waals surface area (Å²) in [5.41, 5.74) is 0.176. The quantitative estimate of drug-likeness (QED) is 0.241. The van der Waals surface area contributed by atoms with Crippen molar-refractivity contribution in [3.05, 3.63) is 73.2 Å². The van der Waals surface area contributed by atoms with Crippen LogP contribution >= 0.6 is 0 Å². The number of hydrogen-bond acceptors (Lipinski definition) is 10. The van der Waals surface area contributed by atoms with Crippen LogP contribution in [0.1, 0.15) is 33.6 Å². The number of aliphatic carboxylic acids is 1. The van der Waals surface area contributed by atoms with Gasteiger partial charge in [0.15, 0.2) is 22.9 Å². The second-order valence-electron chi connectivity index (χ2n) is 10.3. The molecule has 0 bridgehead atoms. The molecule has 1 aliphatic rings. The first kappa shape index (κ1) is 28.6. The van der Waals surface area contributed by atoms with Gasteiger partial charge in [-0.3, -0.25) is 4.98 Å². The molecule has 1 saturated heterocycles. The summed E-state index contributed by atoms with van der Waals surface area (Å²) < 4.78 is 17.6. The fourth-order valence-electron chi connectivity index (χ4n) is 4.54. The number of aromatic nitrogens is 4. The molecule has 5 rings (SSSR count). The summed E-state index contributed by atoms with van der Waals surface area (Å²) in [6.45, 7) is 7.07. The molecule has 11 heteroatoms. The molecule has 2 aromatic carbocycles. The van der Waals surface area contributed by atoms with Crippen molar-refractivity contribution in [2.45, 2.75) is 45.3 Å². The highest BCUT2D eigenvalue weighted by molar-refractivity contribution is 5.76. The number of carboxylic acid groups (broad SMARTS) is 1. The van der Waals surface area contributed by atoms with Crippen LogP contribution in [0.25, 0.3) is 11.3 Å². The van der Waals surface area contributed by atoms with Crippen molar-refractivity contribution in [3.8, 4) is 28.5 Å². The van der Waals surface area contributed by atoms with Gasteiger partial charge in [0.25, 0.3) is 0 Å². The number of para-hydroxylation sites is 2. The number of hydrogen-bond donors (Lipinski definition) is 2. The summed E-state index contributed by atoms with van der Waals surface area (Å²) in [5, 5.41) is 12.5. The summed E-state index contributed by atoms with van der Waals surface area (Å²) in [5.74, 6) is 2.54. The molecule has 0 radical (unpaired) electrons. The largest absolute Gasteiger partial charge is 0.490 e. The van der Waals surface area contributed by atoms with Crippen LogP contribution in [0.5, 0.6) is 17.2 Å². The molecule has 1 aliphatic heterocycles. The van der Waals surface area contributed by atoms with Crippen LogP contribution in [0.2, 0.25) is 0 Å². The van der Waals surface area contributed by atoms with Crippen molar-refractivity contribution in [2.24, 2.45) is 0 Å². The molecule has 1 atom stereocenters. The van der Waals surface area contributed by atoms with Crippen molar-refractivity contribution in [2.75, 3.05) is 29.9 Å². The number of nitrogens with one attached hydrogen (secondary N) is 1. The van der Waals surface area contributed by atoms with Crippen molar-refractivity contribution >= 4 is 23.6 Å². The van der Waals surface area contributed by atoms with Gasteiger partial charge in [-0.15, -0.1) is 0 Å². The molecule has 218 valence electrons. The minimum Gasteiger partial charge on any atom is -0.490 e. The third kappa shape index (κ3) is 7.03. The lowest BCUT2D eigenvalue weighted by Crippen LogP contribution is -2.41. The van der Waals surface area contributed by atoms with Gasteiger partial charge in [-0.1, -0.05) is 12.1 Å². The SMILES string of the molecule is CCOc1ccccc1OC1CCCN(c2cncc(Nc3nccc(-c4ccc(OC(C)(C)C(=O)O)cc4)n3)n2)C1. The molecule has 11 nitrogen and oxygen atoms in total. The van der Waals surface area contributed by atoms with E-state index in [1.165, 1.54) is 13.8 Å². The van der Waals surface area contributed by atoms with Crippen LogP contribution in [0.3, 0.4) is 0 Å². The number of benzene rings is 2. The van der Waals surface area contributed by atoms with Gasteiger partial charge in [0.05, 0.1) is 31.2 Å². The summed E-state index contributed by atoms with van der Waals surface area (Å²) in [4.78, 5) is 31.7. The van der Waals surface area contributed by atoms with E-state index in [0.29, 0.717) is 36.4 Å². The van der Waals surface area contributed by atoms with E-state index in [1.807, 2.05) is 43.3 Å². The number of rotatable bonds is 11. The van der Waals surface area contributed by atoms with Gasteiger partial charge >= 0.3 is 5.97 Å². The maximum atomic E-state index is 11.4. The van der Waals surface area contributed by atoms with Gasteiger partial charge in [-0.25, -0.2) is 19.7 Å². The molecule has 2 aromatic heterocycles. The molecule has 42 heavy (non-hydrogen) atoms. The average molecular weight is 571 g/mol. The molecule has 0 aliphatic carbocycles. The first-order valence-corrected chi connectivity index (χ1v) is 13.9. The zero-order valence-corrected chi connectivity index (χ0v) is 23.9. The lowest BCUT2D eigenvalue weighted by Gasteiger charge is -2.33. The highest BCUT2D eigenvalue weighted by atomic mass is 16.5. The van der Waals surface area contributed by atoms with Gasteiger partial charge in [0.1, 0.15) is 17.7 Å². The summed E-state index contributed by atoms with van der Waals surface area (Å²) in [7, 11) is 0. The number of ether oxygens (including phenoxy) is 3. The Morgan fingerprint density at radius 2 is 1.86 bits per heavy atom. The molecule has 4 aromatic rings. The molecule has 0 saturated carbocycles. The molecular weight excluding hydrogens is 536 g/mol. The van der Waals surface area contributed by atoms with Gasteiger partial charge in [0.2, 0.25) is 5.95 Å². The number of nitrogens with zero attached hydrogens (tertiary/aromatic N) is 5. The van der Waals surface area contributed by atoms with Crippen molar-refractivity contribution in [1.82, 2.24) is 19.9 Å². The van der Waals surface area contributed by atoms with Gasteiger partial charge in [0, 0.05) is 18.3 Å². The Labute approximate surface area is 244 Å². The highest BCUT2D eigenvalue weighted by Crippen LogP contribution is 2.30. The standard InChI is InChI=1S/C31H34N6O5/c1-4-40-25-9-5-6-10-26(25)41-23-8-7-17-37(20-23)28-19-32-18-27(35-28)36-30-33-16-15-24(34-30)21-11-13-22(14-12-21)42-31(2,3)29(38)39/h5-6,9-16,18-19,23H,4,7-8,17,20H2,1-3H3,(H,38,39)(H,33,34,35,36). The Hall–Kier alpha value is -4.93. The second-order valence-corrected chi connectivity index (χ2v) is 10.3. The zero-order chi connectivity index (χ0) is 29.5. The fourth-order valence-corrected chi connectivity index (χ4v) is 4.54. The van der Waals surface area contributed by atoms with Crippen LogP contribution < -0.4 is 24.4 Å². The third-order valence-corrected chi connectivity index (χ3v) is 6.70. The number of carbonyl (C=O) groups is 1. The normalized spacial score (nSPS) is 15.1. The third-order valence-electron chi connectivity index (χ3n) is 6.70. The van der Waals surface area contributed by atoms with Crippen LogP contribution in [0.15, 0.2) is 73.2 Å². The lowest BCUT2D eigenvalue weighted by atomic mass is 10.1. The first-order valence-electron chi connectivity index (χ1n) is 13.9. The van der Waals surface area contributed by atoms with E-state index >= 15 is 0 Å². The Balaban J connectivity index is 1.25. The Morgan fingerprint density at radius 1 is 1.07 bits per heavy atom. The van der Waals surface area contributed by atoms with E-state index in [-0.39, 0.29) is 6.10 Å². The van der Waals surface area contributed by atoms with Gasteiger partial charge in [-0.2, -0.15) is 0 Å². The van der Waals surface area contributed by atoms with E-state index < -0.39 is 11.6 Å². The van der Waals surface area contributed by atoms with Crippen molar-refractivity contribution < 1.29 is 24.1 Å². The van der Waals surface area contributed by atoms with Crippen LogP contribution in [0.4, 0.5) is 17.6 Å². The van der Waals surface area contributed by atoms with E-state index in [9.17, 15) is 9.90 Å². The Kier molecular flexibility index (Phi) is 8.66. The zero-order valence-electron chi connectivity index (χ0n) is 23.9. The minimum atomic E-state index is -1.33. The predicted molar refractivity (Wildman–Crippen MR) is 159 cm³/mol. The summed E-state index contributed by atoms with van der Waals surface area (Å²) in [6, 6.07) is 16.6. The number of anilines is 3. The van der Waals surface area contributed by atoms with Crippen molar-refractivity contribution in [1.29, 1.82) is 0 Å². The van der Waals surface area contributed by atoms with Crippen LogP contribution in [0, 0.1) is 0 Å². The van der Waals surface area contributed by atoms with Gasteiger partial charge in [-0.05, 0) is 76.1 Å². The Bertz CT molecular complexity index is 1510. The maximum absolute atomic E-state index is 11.4. The van der Waals surface area contributed by atoms with E-state index in [4.69, 9.17) is 19.2 Å². The van der Waals surface area contributed by atoms with E-state index in [0.717, 1.165) is 42.3 Å². The van der Waals surface area contributed by atoms with Crippen LogP contribution in [-0.2, 0) is 4.79 Å². The van der Waals surface area contributed by atoms with Crippen molar-refractivity contribution in [3.63, 3.8) is 0 Å². The number of piperidine rings is 1. The molecule has 1 fully saturated rings. The molecule has 2 N–H and O–H groups in total. The molecular formula is C31H34N6O5. The monoisotopic (exact) mass is 570 g/mol.